The van der Waals surface area contributed by atoms with Gasteiger partial charge in [-0.15, -0.1) is 0 Å². The Morgan fingerprint density at radius 3 is 2.46 bits per heavy atom. The van der Waals surface area contributed by atoms with Crippen molar-refractivity contribution in [2.45, 2.75) is 27.3 Å². The molecule has 0 N–H and O–H groups in total. The number of hydrogen-bond donors (Lipinski definition) is 0. The molecule has 1 aromatic carbocycles. The molecule has 2 aromatic rings. The van der Waals surface area contributed by atoms with E-state index in [2.05, 4.69) is 0 Å². The molecule has 0 unspecified atom stereocenters. The number of carbonyl (C=O) groups is 2. The Morgan fingerprint density at radius 1 is 1.07 bits per heavy atom. The molecular weight excluding hydrogens is 362 g/mol. The van der Waals surface area contributed by atoms with Gasteiger partial charge in [0.1, 0.15) is 0 Å². The first-order valence-corrected chi connectivity index (χ1v) is 9.09. The molecule has 7 heteroatoms. The summed E-state index contributed by atoms with van der Waals surface area (Å²) in [5.74, 6) is 0.136. The van der Waals surface area contributed by atoms with Crippen molar-refractivity contribution in [2.75, 3.05) is 34.0 Å². The number of aromatic nitrogens is 1. The third-order valence-corrected chi connectivity index (χ3v) is 4.43. The first-order chi connectivity index (χ1) is 13.4. The van der Waals surface area contributed by atoms with Crippen molar-refractivity contribution in [3.05, 3.63) is 46.8 Å². The van der Waals surface area contributed by atoms with Crippen molar-refractivity contribution in [1.82, 2.24) is 4.57 Å². The van der Waals surface area contributed by atoms with Gasteiger partial charge in [-0.2, -0.15) is 0 Å². The molecule has 0 bridgehead atoms. The largest absolute Gasteiger partial charge is 0.493 e. The quantitative estimate of drug-likeness (QED) is 0.459. The van der Waals surface area contributed by atoms with Gasteiger partial charge in [0.2, 0.25) is 5.78 Å². The van der Waals surface area contributed by atoms with E-state index in [4.69, 9.17) is 18.9 Å². The standard InChI is InChI=1S/C21H27NO6/c1-6-27-19-8-7-16(12-20(19)26-5)21(24)28-13-18(23)17-11-14(2)22(15(17)3)9-10-25-4/h7-8,11-12H,6,9-10,13H2,1-5H3. The smallest absolute Gasteiger partial charge is 0.338 e. The molecule has 0 saturated heterocycles. The minimum atomic E-state index is -0.595. The lowest BCUT2D eigenvalue weighted by atomic mass is 10.1. The lowest BCUT2D eigenvalue weighted by molar-refractivity contribution is 0.0474. The van der Waals surface area contributed by atoms with Gasteiger partial charge in [-0.3, -0.25) is 4.79 Å². The zero-order valence-electron chi connectivity index (χ0n) is 17.0. The number of esters is 1. The lowest BCUT2D eigenvalue weighted by Gasteiger charge is -2.11. The lowest BCUT2D eigenvalue weighted by Crippen LogP contribution is -2.15. The Morgan fingerprint density at radius 2 is 1.82 bits per heavy atom. The topological polar surface area (TPSA) is 76.0 Å². The van der Waals surface area contributed by atoms with Crippen molar-refractivity contribution in [3.63, 3.8) is 0 Å². The number of Topliss-reactive ketones (excluding diaryl/α,β-unsaturated/α-hetero) is 1. The molecule has 0 atom stereocenters. The van der Waals surface area contributed by atoms with Gasteiger partial charge in [0.05, 0.1) is 25.9 Å². The molecule has 28 heavy (non-hydrogen) atoms. The number of hydrogen-bond acceptors (Lipinski definition) is 6. The number of carbonyl (C=O) groups excluding carboxylic acids is 2. The Bertz CT molecular complexity index is 840. The van der Waals surface area contributed by atoms with Crippen LogP contribution in [0.3, 0.4) is 0 Å². The summed E-state index contributed by atoms with van der Waals surface area (Å²) in [6.45, 7) is 7.03. The summed E-state index contributed by atoms with van der Waals surface area (Å²) in [4.78, 5) is 24.9. The van der Waals surface area contributed by atoms with E-state index < -0.39 is 5.97 Å². The fraction of sp³-hybridized carbons (Fsp3) is 0.429. The summed E-state index contributed by atoms with van der Waals surface area (Å²) in [5, 5.41) is 0. The SMILES string of the molecule is CCOc1ccc(C(=O)OCC(=O)c2cc(C)n(CCOC)c2C)cc1OC. The maximum atomic E-state index is 12.5. The highest BCUT2D eigenvalue weighted by Crippen LogP contribution is 2.28. The van der Waals surface area contributed by atoms with E-state index in [0.29, 0.717) is 42.4 Å². The summed E-state index contributed by atoms with van der Waals surface area (Å²) in [5.41, 5.74) is 2.63. The van der Waals surface area contributed by atoms with E-state index in [9.17, 15) is 9.59 Å². The van der Waals surface area contributed by atoms with E-state index in [0.717, 1.165) is 11.4 Å². The highest BCUT2D eigenvalue weighted by Gasteiger charge is 2.18. The number of ketones is 1. The van der Waals surface area contributed by atoms with Crippen LogP contribution in [0.15, 0.2) is 24.3 Å². The van der Waals surface area contributed by atoms with Gasteiger partial charge in [0.25, 0.3) is 0 Å². The van der Waals surface area contributed by atoms with Gasteiger partial charge in [-0.25, -0.2) is 4.79 Å². The Labute approximate surface area is 165 Å². The monoisotopic (exact) mass is 389 g/mol. The molecule has 0 radical (unpaired) electrons. The van der Waals surface area contributed by atoms with Gasteiger partial charge in [-0.1, -0.05) is 0 Å². The average molecular weight is 389 g/mol. The van der Waals surface area contributed by atoms with Crippen molar-refractivity contribution >= 4 is 11.8 Å². The van der Waals surface area contributed by atoms with Crippen LogP contribution in [0.4, 0.5) is 0 Å². The number of methoxy groups -OCH3 is 2. The number of aryl methyl sites for hydroxylation is 1. The van der Waals surface area contributed by atoms with E-state index >= 15 is 0 Å². The van der Waals surface area contributed by atoms with E-state index in [-0.39, 0.29) is 12.4 Å². The number of nitrogens with zero attached hydrogens (tertiary/aromatic N) is 1. The van der Waals surface area contributed by atoms with Crippen LogP contribution in [0, 0.1) is 13.8 Å². The maximum absolute atomic E-state index is 12.5. The fourth-order valence-corrected chi connectivity index (χ4v) is 2.97. The Kier molecular flexibility index (Phi) is 7.63. The second kappa shape index (κ2) is 9.94. The normalized spacial score (nSPS) is 10.6. The summed E-state index contributed by atoms with van der Waals surface area (Å²) in [6.07, 6.45) is 0. The molecule has 1 aromatic heterocycles. The molecule has 0 aliphatic carbocycles. The van der Waals surface area contributed by atoms with Gasteiger partial charge in [-0.05, 0) is 45.0 Å². The highest BCUT2D eigenvalue weighted by molar-refractivity contribution is 6.00. The van der Waals surface area contributed by atoms with Gasteiger partial charge in [0.15, 0.2) is 18.1 Å². The predicted octanol–water partition coefficient (Wildman–Crippen LogP) is 3.20. The van der Waals surface area contributed by atoms with Crippen LogP contribution in [0.5, 0.6) is 11.5 Å². The predicted molar refractivity (Wildman–Crippen MR) is 105 cm³/mol. The van der Waals surface area contributed by atoms with E-state index in [1.807, 2.05) is 25.3 Å². The van der Waals surface area contributed by atoms with Crippen molar-refractivity contribution < 1.29 is 28.5 Å². The van der Waals surface area contributed by atoms with E-state index in [1.165, 1.54) is 13.2 Å². The zero-order valence-corrected chi connectivity index (χ0v) is 17.0. The molecule has 0 aliphatic rings. The summed E-state index contributed by atoms with van der Waals surface area (Å²) < 4.78 is 23.0. The molecule has 1 heterocycles. The van der Waals surface area contributed by atoms with E-state index in [1.54, 1.807) is 25.3 Å². The number of benzene rings is 1. The van der Waals surface area contributed by atoms with Crippen LogP contribution in [0.2, 0.25) is 0 Å². The molecule has 0 saturated carbocycles. The van der Waals surface area contributed by atoms with Gasteiger partial charge in [0, 0.05) is 30.6 Å². The Hall–Kier alpha value is -2.80. The molecule has 0 fully saturated rings. The second-order valence-electron chi connectivity index (χ2n) is 6.23. The van der Waals surface area contributed by atoms with Gasteiger partial charge < -0.3 is 23.5 Å². The van der Waals surface area contributed by atoms with Crippen LogP contribution < -0.4 is 9.47 Å². The minimum absolute atomic E-state index is 0.247. The average Bonchev–Trinajstić information content (AvgIpc) is 2.98. The third kappa shape index (κ3) is 4.92. The number of rotatable bonds is 10. The van der Waals surface area contributed by atoms with Crippen molar-refractivity contribution in [3.8, 4) is 11.5 Å². The molecule has 7 nitrogen and oxygen atoms in total. The highest BCUT2D eigenvalue weighted by atomic mass is 16.5. The minimum Gasteiger partial charge on any atom is -0.493 e. The number of ether oxygens (including phenoxy) is 4. The van der Waals surface area contributed by atoms with Crippen molar-refractivity contribution in [1.29, 1.82) is 0 Å². The second-order valence-corrected chi connectivity index (χ2v) is 6.23. The maximum Gasteiger partial charge on any atom is 0.338 e. The molecule has 0 spiro atoms. The molecule has 2 rings (SSSR count). The molecule has 0 aliphatic heterocycles. The summed E-state index contributed by atoms with van der Waals surface area (Å²) in [6, 6.07) is 6.57. The first kappa shape index (κ1) is 21.5. The molecule has 0 amide bonds. The zero-order chi connectivity index (χ0) is 20.7. The molecule has 152 valence electrons. The van der Waals surface area contributed by atoms with Crippen molar-refractivity contribution in [2.24, 2.45) is 0 Å². The van der Waals surface area contributed by atoms with Gasteiger partial charge >= 0.3 is 5.97 Å². The summed E-state index contributed by atoms with van der Waals surface area (Å²) in [7, 11) is 3.13. The Balaban J connectivity index is 2.06. The van der Waals surface area contributed by atoms with Crippen LogP contribution in [0.25, 0.3) is 0 Å². The molecular formula is C21H27NO6. The fourth-order valence-electron chi connectivity index (χ4n) is 2.97. The van der Waals surface area contributed by atoms with Crippen LogP contribution in [0.1, 0.15) is 39.0 Å². The summed E-state index contributed by atoms with van der Waals surface area (Å²) >= 11 is 0. The third-order valence-electron chi connectivity index (χ3n) is 4.43. The van der Waals surface area contributed by atoms with Crippen LogP contribution in [-0.2, 0) is 16.0 Å². The van der Waals surface area contributed by atoms with Crippen LogP contribution in [-0.4, -0.2) is 50.4 Å². The first-order valence-electron chi connectivity index (χ1n) is 9.09. The van der Waals surface area contributed by atoms with Crippen LogP contribution >= 0.6 is 0 Å².